The van der Waals surface area contributed by atoms with Gasteiger partial charge in [0.1, 0.15) is 5.69 Å². The number of nitrogens with zero attached hydrogens (tertiary/aromatic N) is 3. The molecule has 3 fully saturated rings. The first-order valence-electron chi connectivity index (χ1n) is 12.6. The molecule has 7 unspecified atom stereocenters. The number of carbonyl (C=O) groups excluding carboxylic acids is 1. The molecule has 0 bridgehead atoms. The van der Waals surface area contributed by atoms with Crippen molar-refractivity contribution in [2.24, 2.45) is 45.9 Å². The minimum atomic E-state index is 0.156. The molecule has 7 atom stereocenters. The van der Waals surface area contributed by atoms with Crippen molar-refractivity contribution in [3.63, 3.8) is 0 Å². The SMILES string of the molecule is CCCC1C(CC)CCC2C1CCC1(C)C(C(=O)CN=Cc3nccnc3N)CCC21. The molecule has 5 nitrogen and oxygen atoms in total. The van der Waals surface area contributed by atoms with E-state index >= 15 is 0 Å². The first kappa shape index (κ1) is 22.4. The predicted octanol–water partition coefficient (Wildman–Crippen LogP) is 5.34. The smallest absolute Gasteiger partial charge is 0.157 e. The van der Waals surface area contributed by atoms with Crippen molar-refractivity contribution < 1.29 is 4.79 Å². The first-order valence-corrected chi connectivity index (χ1v) is 12.6. The first-order chi connectivity index (χ1) is 15.0. The van der Waals surface area contributed by atoms with E-state index in [0.29, 0.717) is 17.3 Å². The van der Waals surface area contributed by atoms with E-state index in [1.165, 1.54) is 51.4 Å². The number of nitrogen functional groups attached to an aromatic ring is 1. The van der Waals surface area contributed by atoms with Crippen molar-refractivity contribution in [1.82, 2.24) is 9.97 Å². The average molecular weight is 425 g/mol. The molecule has 3 saturated carbocycles. The molecule has 31 heavy (non-hydrogen) atoms. The maximum atomic E-state index is 13.2. The molecule has 0 amide bonds. The lowest BCUT2D eigenvalue weighted by Crippen LogP contribution is -2.48. The van der Waals surface area contributed by atoms with Crippen molar-refractivity contribution in [2.45, 2.75) is 78.6 Å². The van der Waals surface area contributed by atoms with Crippen LogP contribution < -0.4 is 5.73 Å². The molecule has 0 aliphatic heterocycles. The summed E-state index contributed by atoms with van der Waals surface area (Å²) in [6.45, 7) is 7.39. The lowest BCUT2D eigenvalue weighted by Gasteiger charge is -2.54. The highest BCUT2D eigenvalue weighted by Gasteiger charge is 2.57. The summed E-state index contributed by atoms with van der Waals surface area (Å²) in [5, 5.41) is 0. The lowest BCUT2D eigenvalue weighted by atomic mass is 9.50. The quantitative estimate of drug-likeness (QED) is 0.599. The topological polar surface area (TPSA) is 81.2 Å². The number of hydrogen-bond acceptors (Lipinski definition) is 5. The Balaban J connectivity index is 1.44. The molecule has 2 N–H and O–H groups in total. The van der Waals surface area contributed by atoms with Gasteiger partial charge in [-0.2, -0.15) is 0 Å². The second-order valence-electron chi connectivity index (χ2n) is 10.6. The van der Waals surface area contributed by atoms with Gasteiger partial charge in [-0.3, -0.25) is 9.79 Å². The predicted molar refractivity (Wildman–Crippen MR) is 126 cm³/mol. The fourth-order valence-corrected chi connectivity index (χ4v) is 7.84. The molecule has 0 radical (unpaired) electrons. The van der Waals surface area contributed by atoms with Gasteiger partial charge >= 0.3 is 0 Å². The third kappa shape index (κ3) is 4.17. The summed E-state index contributed by atoms with van der Waals surface area (Å²) in [4.78, 5) is 25.8. The highest BCUT2D eigenvalue weighted by Crippen LogP contribution is 2.63. The fourth-order valence-electron chi connectivity index (χ4n) is 7.84. The number of nitrogens with two attached hydrogens (primary N) is 1. The van der Waals surface area contributed by atoms with Crippen LogP contribution >= 0.6 is 0 Å². The van der Waals surface area contributed by atoms with Crippen LogP contribution in [0.15, 0.2) is 17.4 Å². The van der Waals surface area contributed by atoms with Gasteiger partial charge in [-0.05, 0) is 73.5 Å². The third-order valence-corrected chi connectivity index (χ3v) is 9.27. The Morgan fingerprint density at radius 2 is 1.97 bits per heavy atom. The van der Waals surface area contributed by atoms with Crippen LogP contribution in [0, 0.1) is 40.9 Å². The van der Waals surface area contributed by atoms with E-state index in [1.54, 1.807) is 18.6 Å². The van der Waals surface area contributed by atoms with E-state index in [2.05, 4.69) is 35.7 Å². The fraction of sp³-hybridized carbons (Fsp3) is 0.769. The minimum absolute atomic E-state index is 0.156. The Morgan fingerprint density at radius 1 is 1.16 bits per heavy atom. The van der Waals surface area contributed by atoms with Gasteiger partial charge in [0.2, 0.25) is 0 Å². The summed E-state index contributed by atoms with van der Waals surface area (Å²) in [7, 11) is 0. The second kappa shape index (κ2) is 9.38. The van der Waals surface area contributed by atoms with Crippen molar-refractivity contribution in [3.05, 3.63) is 18.1 Å². The van der Waals surface area contributed by atoms with Gasteiger partial charge in [-0.25, -0.2) is 9.97 Å². The molecule has 3 aliphatic carbocycles. The van der Waals surface area contributed by atoms with Gasteiger partial charge in [-0.1, -0.05) is 40.0 Å². The monoisotopic (exact) mass is 424 g/mol. The molecule has 0 spiro atoms. The molecular weight excluding hydrogens is 384 g/mol. The van der Waals surface area contributed by atoms with E-state index in [1.807, 2.05) is 0 Å². The van der Waals surface area contributed by atoms with Gasteiger partial charge in [0.25, 0.3) is 0 Å². The second-order valence-corrected chi connectivity index (χ2v) is 10.6. The maximum Gasteiger partial charge on any atom is 0.157 e. The van der Waals surface area contributed by atoms with Crippen molar-refractivity contribution in [3.8, 4) is 0 Å². The number of anilines is 1. The van der Waals surface area contributed by atoms with Crippen molar-refractivity contribution >= 4 is 17.8 Å². The molecule has 4 rings (SSSR count). The van der Waals surface area contributed by atoms with Crippen LogP contribution in [0.2, 0.25) is 0 Å². The number of carbonyl (C=O) groups is 1. The van der Waals surface area contributed by atoms with E-state index in [9.17, 15) is 4.79 Å². The van der Waals surface area contributed by atoms with E-state index in [4.69, 9.17) is 5.73 Å². The number of ketones is 1. The molecular formula is C26H40N4O. The third-order valence-electron chi connectivity index (χ3n) is 9.27. The van der Waals surface area contributed by atoms with Gasteiger partial charge < -0.3 is 5.73 Å². The van der Waals surface area contributed by atoms with Crippen molar-refractivity contribution in [1.29, 1.82) is 0 Å². The zero-order valence-electron chi connectivity index (χ0n) is 19.6. The summed E-state index contributed by atoms with van der Waals surface area (Å²) in [6, 6.07) is 0. The van der Waals surface area contributed by atoms with Gasteiger partial charge in [0, 0.05) is 18.3 Å². The van der Waals surface area contributed by atoms with Crippen LogP contribution in [0.5, 0.6) is 0 Å². The van der Waals surface area contributed by atoms with Crippen LogP contribution in [0.4, 0.5) is 5.82 Å². The highest BCUT2D eigenvalue weighted by molar-refractivity contribution is 5.88. The average Bonchev–Trinajstić information content (AvgIpc) is 3.13. The van der Waals surface area contributed by atoms with Gasteiger partial charge in [0.15, 0.2) is 11.6 Å². The highest BCUT2D eigenvalue weighted by atomic mass is 16.1. The van der Waals surface area contributed by atoms with E-state index < -0.39 is 0 Å². The van der Waals surface area contributed by atoms with Crippen LogP contribution in [-0.2, 0) is 4.79 Å². The number of aliphatic imine (C=N–C) groups is 1. The lowest BCUT2D eigenvalue weighted by molar-refractivity contribution is -0.128. The van der Waals surface area contributed by atoms with Crippen molar-refractivity contribution in [2.75, 3.05) is 12.3 Å². The number of rotatable bonds is 7. The maximum absolute atomic E-state index is 13.2. The summed E-state index contributed by atoms with van der Waals surface area (Å²) in [5.74, 6) is 5.09. The minimum Gasteiger partial charge on any atom is -0.382 e. The molecule has 1 aromatic rings. The summed E-state index contributed by atoms with van der Waals surface area (Å²) in [5.41, 5.74) is 6.54. The van der Waals surface area contributed by atoms with Gasteiger partial charge in [0.05, 0.1) is 12.8 Å². The normalized spacial score (nSPS) is 37.5. The Bertz CT molecular complexity index is 808. The molecule has 170 valence electrons. The van der Waals surface area contributed by atoms with Crippen LogP contribution in [-0.4, -0.2) is 28.5 Å². The number of aromatic nitrogens is 2. The van der Waals surface area contributed by atoms with Crippen LogP contribution in [0.1, 0.15) is 84.3 Å². The zero-order chi connectivity index (χ0) is 22.0. The Morgan fingerprint density at radius 3 is 2.71 bits per heavy atom. The molecule has 0 saturated heterocycles. The molecule has 1 aromatic heterocycles. The van der Waals surface area contributed by atoms with E-state index in [0.717, 1.165) is 36.0 Å². The van der Waals surface area contributed by atoms with E-state index in [-0.39, 0.29) is 17.9 Å². The Labute approximate surface area is 187 Å². The largest absolute Gasteiger partial charge is 0.382 e. The molecule has 5 heteroatoms. The summed E-state index contributed by atoms with van der Waals surface area (Å²) >= 11 is 0. The molecule has 1 heterocycles. The molecule has 0 aromatic carbocycles. The molecule has 3 aliphatic rings. The number of Topliss-reactive ketones (excluding diaryl/α,β-unsaturated/α-hetero) is 1. The summed E-state index contributed by atoms with van der Waals surface area (Å²) in [6.07, 6.45) is 16.4. The Hall–Kier alpha value is -1.78. The number of fused-ring (bicyclic) bond motifs is 3. The van der Waals surface area contributed by atoms with Crippen LogP contribution in [0.3, 0.4) is 0 Å². The standard InChI is InChI=1S/C26H40N4O/c1-4-6-18-17(5-2)7-8-20-19(18)11-12-26(3)21(20)9-10-22(26)24(31)16-28-15-23-25(27)30-14-13-29-23/h13-15,17-22H,4-12,16H2,1-3H3,(H2,27,30). The van der Waals surface area contributed by atoms with Gasteiger partial charge in [-0.15, -0.1) is 0 Å². The Kier molecular flexibility index (Phi) is 6.78. The zero-order valence-corrected chi connectivity index (χ0v) is 19.6. The van der Waals surface area contributed by atoms with Crippen LogP contribution in [0.25, 0.3) is 0 Å². The number of hydrogen-bond donors (Lipinski definition) is 1. The summed E-state index contributed by atoms with van der Waals surface area (Å²) < 4.78 is 0.